The SMILES string of the molecule is CNS(=O)(=O)C(/C=C/c1ccc2[nH]cc(CCN(C)C)c2c1)OC(=O)C(=O)ON(C)S(=O)(=O)C/C=C/c1ccc2[nH]cc(CCN(C)C)c2c1. The fourth-order valence-electron chi connectivity index (χ4n) is 4.99. The monoisotopic (exact) mass is 728 g/mol. The second-order valence-electron chi connectivity index (χ2n) is 12.2. The molecule has 2 heterocycles. The van der Waals surface area contributed by atoms with Crippen molar-refractivity contribution in [3.8, 4) is 0 Å². The van der Waals surface area contributed by atoms with Crippen LogP contribution in [0.4, 0.5) is 0 Å². The zero-order valence-corrected chi connectivity index (χ0v) is 30.6. The Morgan fingerprint density at radius 3 is 1.82 bits per heavy atom. The first-order chi connectivity index (χ1) is 23.6. The Kier molecular flexibility index (Phi) is 12.8. The Labute approximate surface area is 292 Å². The summed E-state index contributed by atoms with van der Waals surface area (Å²) in [6.07, 6.45) is 11.1. The number of esters is 1. The van der Waals surface area contributed by atoms with Crippen LogP contribution in [0, 0.1) is 0 Å². The van der Waals surface area contributed by atoms with E-state index in [1.165, 1.54) is 12.2 Å². The van der Waals surface area contributed by atoms with Crippen molar-refractivity contribution in [3.63, 3.8) is 0 Å². The predicted octanol–water partition coefficient (Wildman–Crippen LogP) is 2.72. The molecule has 0 aliphatic rings. The summed E-state index contributed by atoms with van der Waals surface area (Å²) in [6, 6.07) is 11.1. The summed E-state index contributed by atoms with van der Waals surface area (Å²) < 4.78 is 58.3. The molecule has 0 radical (unpaired) electrons. The number of nitrogens with zero attached hydrogens (tertiary/aromatic N) is 3. The third-order valence-corrected chi connectivity index (χ3v) is 10.8. The maximum Gasteiger partial charge on any atom is 0.437 e. The average Bonchev–Trinajstić information content (AvgIpc) is 3.67. The molecule has 0 amide bonds. The highest BCUT2D eigenvalue weighted by Gasteiger charge is 2.32. The van der Waals surface area contributed by atoms with Crippen molar-refractivity contribution in [2.75, 3.05) is 61.1 Å². The van der Waals surface area contributed by atoms with Gasteiger partial charge in [0.15, 0.2) is 0 Å². The Balaban J connectivity index is 1.39. The molecule has 4 rings (SSSR count). The molecule has 1 atom stereocenters. The van der Waals surface area contributed by atoms with E-state index >= 15 is 0 Å². The highest BCUT2D eigenvalue weighted by atomic mass is 32.2. The molecule has 3 N–H and O–H groups in total. The van der Waals surface area contributed by atoms with Crippen LogP contribution in [-0.2, 0) is 52.1 Å². The zero-order chi connectivity index (χ0) is 36.6. The normalized spacial score (nSPS) is 13.5. The van der Waals surface area contributed by atoms with Crippen molar-refractivity contribution in [3.05, 3.63) is 83.2 Å². The maximum absolute atomic E-state index is 12.8. The van der Waals surface area contributed by atoms with Gasteiger partial charge in [-0.1, -0.05) is 30.4 Å². The van der Waals surface area contributed by atoms with Gasteiger partial charge in [0.2, 0.25) is 15.5 Å². The minimum Gasteiger partial charge on any atom is -0.432 e. The van der Waals surface area contributed by atoms with Crippen molar-refractivity contribution in [1.82, 2.24) is 29.0 Å². The van der Waals surface area contributed by atoms with Gasteiger partial charge in [-0.25, -0.2) is 31.1 Å². The zero-order valence-electron chi connectivity index (χ0n) is 29.0. The number of nitrogens with one attached hydrogen (secondary N) is 3. The smallest absolute Gasteiger partial charge is 0.432 e. The van der Waals surface area contributed by atoms with Gasteiger partial charge in [0, 0.05) is 54.3 Å². The van der Waals surface area contributed by atoms with Crippen molar-refractivity contribution >= 4 is 65.9 Å². The number of rotatable bonds is 16. The molecule has 2 aromatic carbocycles. The number of carbonyl (C=O) groups excluding carboxylic acids is 2. The van der Waals surface area contributed by atoms with Crippen LogP contribution in [0.25, 0.3) is 34.0 Å². The lowest BCUT2D eigenvalue weighted by Crippen LogP contribution is -2.39. The number of carbonyl (C=O) groups is 2. The van der Waals surface area contributed by atoms with E-state index in [0.29, 0.717) is 5.56 Å². The number of hydroxylamine groups is 1. The number of H-pyrrole nitrogens is 2. The molecule has 0 bridgehead atoms. The van der Waals surface area contributed by atoms with E-state index in [2.05, 4.69) is 24.5 Å². The van der Waals surface area contributed by atoms with Crippen molar-refractivity contribution < 1.29 is 36.0 Å². The fraction of sp³-hybridized carbons (Fsp3) is 0.353. The summed E-state index contributed by atoms with van der Waals surface area (Å²) in [7, 11) is 1.53. The van der Waals surface area contributed by atoms with Crippen LogP contribution in [0.15, 0.2) is 60.9 Å². The molecule has 0 fully saturated rings. The Morgan fingerprint density at radius 2 is 1.32 bits per heavy atom. The van der Waals surface area contributed by atoms with Gasteiger partial charge in [-0.2, -0.15) is 0 Å². The van der Waals surface area contributed by atoms with Gasteiger partial charge < -0.3 is 29.3 Å². The first kappa shape index (κ1) is 38.5. The standard InChI is InChI=1S/C34H44N6O8S2/c1-35-50(45,46)32(14-11-25-10-13-31-29(21-25)27(23-37-31)16-18-39(4)5)47-33(41)34(42)48-40(6)49(43,44)19-7-8-24-9-12-30-28(20-24)26(22-36-30)15-17-38(2)3/h7-14,20-23,32,35-37H,15-19H2,1-6H3/b8-7+,14-11+. The predicted molar refractivity (Wildman–Crippen MR) is 195 cm³/mol. The average molecular weight is 729 g/mol. The van der Waals surface area contributed by atoms with E-state index in [1.807, 2.05) is 70.9 Å². The number of aromatic amines is 2. The molecule has 2 aromatic heterocycles. The molecular weight excluding hydrogens is 685 g/mol. The van der Waals surface area contributed by atoms with Crippen molar-refractivity contribution in [2.45, 2.75) is 18.3 Å². The van der Waals surface area contributed by atoms with Gasteiger partial charge in [0.05, 0.1) is 5.75 Å². The third-order valence-electron chi connectivity index (χ3n) is 7.89. The van der Waals surface area contributed by atoms with Crippen molar-refractivity contribution in [1.29, 1.82) is 0 Å². The van der Waals surface area contributed by atoms with Crippen LogP contribution in [0.3, 0.4) is 0 Å². The molecular formula is C34H44N6O8S2. The van der Waals surface area contributed by atoms with E-state index in [1.54, 1.807) is 12.1 Å². The third kappa shape index (κ3) is 10.1. The number of likely N-dealkylation sites (N-methyl/N-ethyl adjacent to an activating group) is 2. The van der Waals surface area contributed by atoms with Gasteiger partial charge in [-0.15, -0.1) is 0 Å². The molecule has 0 aliphatic carbocycles. The topological polar surface area (TPSA) is 174 Å². The highest BCUT2D eigenvalue weighted by molar-refractivity contribution is 7.90. The number of fused-ring (bicyclic) bond motifs is 2. The second kappa shape index (κ2) is 16.6. The van der Waals surface area contributed by atoms with Gasteiger partial charge >= 0.3 is 11.9 Å². The van der Waals surface area contributed by atoms with Crippen molar-refractivity contribution in [2.24, 2.45) is 0 Å². The first-order valence-corrected chi connectivity index (χ1v) is 18.9. The quantitative estimate of drug-likeness (QED) is 0.0885. The largest absolute Gasteiger partial charge is 0.437 e. The first-order valence-electron chi connectivity index (χ1n) is 15.8. The molecule has 0 saturated carbocycles. The van der Waals surface area contributed by atoms with Crippen LogP contribution in [-0.4, -0.2) is 120 Å². The van der Waals surface area contributed by atoms with E-state index < -0.39 is 43.2 Å². The molecule has 50 heavy (non-hydrogen) atoms. The van der Waals surface area contributed by atoms with Gasteiger partial charge in [-0.3, -0.25) is 0 Å². The van der Waals surface area contributed by atoms with Crippen LogP contribution >= 0.6 is 0 Å². The van der Waals surface area contributed by atoms with E-state index in [4.69, 9.17) is 9.57 Å². The Hall–Kier alpha value is -4.32. The number of benzene rings is 2. The number of sulfonamides is 2. The molecule has 0 aliphatic heterocycles. The summed E-state index contributed by atoms with van der Waals surface area (Å²) in [4.78, 5) is 40.5. The van der Waals surface area contributed by atoms with E-state index in [0.717, 1.165) is 84.6 Å². The maximum atomic E-state index is 12.8. The van der Waals surface area contributed by atoms with Crippen LogP contribution in [0.2, 0.25) is 0 Å². The summed E-state index contributed by atoms with van der Waals surface area (Å²) in [5.74, 6) is -3.97. The fourth-order valence-corrected chi connectivity index (χ4v) is 6.45. The summed E-state index contributed by atoms with van der Waals surface area (Å²) in [6.45, 7) is 1.70. The number of ether oxygens (including phenoxy) is 1. The Bertz CT molecular complexity index is 2100. The van der Waals surface area contributed by atoms with Gasteiger partial charge in [0.25, 0.3) is 10.0 Å². The lowest BCUT2D eigenvalue weighted by atomic mass is 10.1. The molecule has 1 unspecified atom stereocenters. The van der Waals surface area contributed by atoms with Crippen LogP contribution in [0.1, 0.15) is 22.3 Å². The molecule has 0 saturated heterocycles. The molecule has 16 heteroatoms. The lowest BCUT2D eigenvalue weighted by Gasteiger charge is -2.17. The number of hydrogen-bond donors (Lipinski definition) is 3. The lowest BCUT2D eigenvalue weighted by molar-refractivity contribution is -0.182. The minimum atomic E-state index is -4.28. The summed E-state index contributed by atoms with van der Waals surface area (Å²) in [5, 5.41) is 1.98. The van der Waals surface area contributed by atoms with Gasteiger partial charge in [-0.05, 0) is 105 Å². The van der Waals surface area contributed by atoms with E-state index in [-0.39, 0.29) is 4.47 Å². The van der Waals surface area contributed by atoms with Gasteiger partial charge in [0.1, 0.15) is 0 Å². The minimum absolute atomic E-state index is 0.243. The van der Waals surface area contributed by atoms with Crippen LogP contribution < -0.4 is 4.72 Å². The van der Waals surface area contributed by atoms with Crippen LogP contribution in [0.5, 0.6) is 0 Å². The molecule has 4 aromatic rings. The summed E-state index contributed by atoms with van der Waals surface area (Å²) in [5.41, 5.74) is 3.55. The Morgan fingerprint density at radius 1 is 0.800 bits per heavy atom. The summed E-state index contributed by atoms with van der Waals surface area (Å²) >= 11 is 0. The number of aromatic nitrogens is 2. The highest BCUT2D eigenvalue weighted by Crippen LogP contribution is 2.23. The molecule has 0 spiro atoms. The molecule has 270 valence electrons. The van der Waals surface area contributed by atoms with E-state index in [9.17, 15) is 26.4 Å². The second-order valence-corrected chi connectivity index (χ2v) is 16.2. The number of hydrogen-bond acceptors (Lipinski definition) is 10. The molecule has 14 nitrogen and oxygen atoms in total.